The fourth-order valence-electron chi connectivity index (χ4n) is 3.40. The molecule has 1 aliphatic carbocycles. The van der Waals surface area contributed by atoms with Gasteiger partial charge in [0, 0.05) is 5.02 Å². The molecule has 3 atom stereocenters. The Kier molecular flexibility index (Phi) is 4.87. The van der Waals surface area contributed by atoms with Crippen LogP contribution in [0.2, 0.25) is 5.02 Å². The number of halogens is 1. The number of nitrogens with zero attached hydrogens (tertiary/aromatic N) is 1. The lowest BCUT2D eigenvalue weighted by molar-refractivity contribution is -0.141. The van der Waals surface area contributed by atoms with Crippen LogP contribution in [0, 0.1) is 11.8 Å². The van der Waals surface area contributed by atoms with E-state index in [-0.39, 0.29) is 36.8 Å². The average molecular weight is 338 g/mol. The first kappa shape index (κ1) is 16.3. The van der Waals surface area contributed by atoms with Crippen molar-refractivity contribution in [2.45, 2.75) is 31.8 Å². The SMILES string of the molecule is O=C1[C@H]2CCCC[C@H]2C(=O)N1C[C@@H](O)COc1ccc(Cl)cc1. The molecule has 1 heterocycles. The molecule has 1 saturated heterocycles. The van der Waals surface area contributed by atoms with Crippen LogP contribution in [0.5, 0.6) is 5.75 Å². The number of hydrogen-bond acceptors (Lipinski definition) is 4. The van der Waals surface area contributed by atoms with Crippen LogP contribution < -0.4 is 4.74 Å². The highest BCUT2D eigenvalue weighted by Gasteiger charge is 2.48. The quantitative estimate of drug-likeness (QED) is 0.837. The van der Waals surface area contributed by atoms with Crippen molar-refractivity contribution in [1.29, 1.82) is 0 Å². The zero-order valence-corrected chi connectivity index (χ0v) is 13.5. The summed E-state index contributed by atoms with van der Waals surface area (Å²) >= 11 is 5.79. The number of amides is 2. The van der Waals surface area contributed by atoms with Gasteiger partial charge >= 0.3 is 0 Å². The molecule has 124 valence electrons. The first-order valence-corrected chi connectivity index (χ1v) is 8.35. The number of fused-ring (bicyclic) bond motifs is 1. The van der Waals surface area contributed by atoms with Crippen LogP contribution in [0.15, 0.2) is 24.3 Å². The molecule has 0 aromatic heterocycles. The summed E-state index contributed by atoms with van der Waals surface area (Å²) in [5, 5.41) is 10.7. The second kappa shape index (κ2) is 6.89. The molecule has 1 N–H and O–H groups in total. The van der Waals surface area contributed by atoms with E-state index < -0.39 is 6.10 Å². The predicted molar refractivity (Wildman–Crippen MR) is 85.1 cm³/mol. The number of hydrogen-bond donors (Lipinski definition) is 1. The maximum Gasteiger partial charge on any atom is 0.233 e. The highest BCUT2D eigenvalue weighted by molar-refractivity contribution is 6.30. The molecule has 0 bridgehead atoms. The van der Waals surface area contributed by atoms with Gasteiger partial charge in [0.25, 0.3) is 0 Å². The number of carbonyl (C=O) groups is 2. The van der Waals surface area contributed by atoms with E-state index in [0.717, 1.165) is 25.7 Å². The van der Waals surface area contributed by atoms with Crippen molar-refractivity contribution in [3.8, 4) is 5.75 Å². The van der Waals surface area contributed by atoms with Gasteiger partial charge < -0.3 is 9.84 Å². The molecule has 3 rings (SSSR count). The van der Waals surface area contributed by atoms with Gasteiger partial charge in [-0.2, -0.15) is 0 Å². The van der Waals surface area contributed by atoms with Crippen molar-refractivity contribution in [3.05, 3.63) is 29.3 Å². The Hall–Kier alpha value is -1.59. The molecule has 1 saturated carbocycles. The van der Waals surface area contributed by atoms with Gasteiger partial charge in [-0.1, -0.05) is 24.4 Å². The second-order valence-electron chi connectivity index (χ2n) is 6.20. The first-order valence-electron chi connectivity index (χ1n) is 7.98. The maximum atomic E-state index is 12.3. The van der Waals surface area contributed by atoms with Crippen molar-refractivity contribution in [2.75, 3.05) is 13.2 Å². The zero-order valence-electron chi connectivity index (χ0n) is 12.8. The van der Waals surface area contributed by atoms with Crippen LogP contribution in [0.25, 0.3) is 0 Å². The summed E-state index contributed by atoms with van der Waals surface area (Å²) in [6.45, 7) is 0.0201. The molecule has 1 aromatic carbocycles. The number of benzene rings is 1. The fourth-order valence-corrected chi connectivity index (χ4v) is 3.52. The van der Waals surface area contributed by atoms with Crippen LogP contribution >= 0.6 is 11.6 Å². The molecule has 2 fully saturated rings. The average Bonchev–Trinajstić information content (AvgIpc) is 2.80. The molecular weight excluding hydrogens is 318 g/mol. The number of carbonyl (C=O) groups excluding carboxylic acids is 2. The van der Waals surface area contributed by atoms with Crippen molar-refractivity contribution in [2.24, 2.45) is 11.8 Å². The Bertz CT molecular complexity index is 565. The molecule has 1 aromatic rings. The number of aliphatic hydroxyl groups is 1. The van der Waals surface area contributed by atoms with Crippen LogP contribution in [-0.4, -0.2) is 41.1 Å². The molecule has 5 nitrogen and oxygen atoms in total. The number of aliphatic hydroxyl groups excluding tert-OH is 1. The van der Waals surface area contributed by atoms with Crippen molar-refractivity contribution < 1.29 is 19.4 Å². The summed E-state index contributed by atoms with van der Waals surface area (Å²) in [6.07, 6.45) is 2.65. The van der Waals surface area contributed by atoms with Crippen LogP contribution in [0.3, 0.4) is 0 Å². The van der Waals surface area contributed by atoms with Gasteiger partial charge in [-0.15, -0.1) is 0 Å². The van der Waals surface area contributed by atoms with E-state index in [4.69, 9.17) is 16.3 Å². The first-order chi connectivity index (χ1) is 11.1. The fraction of sp³-hybridized carbons (Fsp3) is 0.529. The summed E-state index contributed by atoms with van der Waals surface area (Å²) in [6, 6.07) is 6.80. The molecule has 23 heavy (non-hydrogen) atoms. The Balaban J connectivity index is 1.55. The summed E-state index contributed by atoms with van der Waals surface area (Å²) in [5.74, 6) is -0.0436. The molecule has 2 aliphatic rings. The van der Waals surface area contributed by atoms with Crippen molar-refractivity contribution in [3.63, 3.8) is 0 Å². The van der Waals surface area contributed by atoms with Gasteiger partial charge in [-0.3, -0.25) is 14.5 Å². The minimum absolute atomic E-state index is 0.00173. The minimum atomic E-state index is -0.904. The lowest BCUT2D eigenvalue weighted by Crippen LogP contribution is -2.40. The summed E-state index contributed by atoms with van der Waals surface area (Å²) in [5.41, 5.74) is 0. The highest BCUT2D eigenvalue weighted by atomic mass is 35.5. The molecule has 0 unspecified atom stereocenters. The Labute approximate surface area is 140 Å². The van der Waals surface area contributed by atoms with Gasteiger partial charge in [-0.05, 0) is 37.1 Å². The molecule has 0 radical (unpaired) electrons. The van der Waals surface area contributed by atoms with E-state index in [1.807, 2.05) is 0 Å². The van der Waals surface area contributed by atoms with Gasteiger partial charge in [0.1, 0.15) is 18.5 Å². The maximum absolute atomic E-state index is 12.3. The van der Waals surface area contributed by atoms with Crippen molar-refractivity contribution in [1.82, 2.24) is 4.90 Å². The van der Waals surface area contributed by atoms with Gasteiger partial charge in [0.05, 0.1) is 18.4 Å². The normalized spacial score (nSPS) is 25.4. The standard InChI is InChI=1S/C17H20ClNO4/c18-11-5-7-13(8-6-11)23-10-12(20)9-19-16(21)14-3-1-2-4-15(14)17(19)22/h5-8,12,14-15,20H,1-4,9-10H2/t12-,14-,15+/m1/s1. The molecule has 1 aliphatic heterocycles. The van der Waals surface area contributed by atoms with E-state index in [1.54, 1.807) is 24.3 Å². The number of ether oxygens (including phenoxy) is 1. The van der Waals surface area contributed by atoms with E-state index >= 15 is 0 Å². The monoisotopic (exact) mass is 337 g/mol. The zero-order chi connectivity index (χ0) is 16.4. The highest BCUT2D eigenvalue weighted by Crippen LogP contribution is 2.37. The van der Waals surface area contributed by atoms with Gasteiger partial charge in [0.15, 0.2) is 0 Å². The van der Waals surface area contributed by atoms with Gasteiger partial charge in [-0.25, -0.2) is 0 Å². The number of likely N-dealkylation sites (tertiary alicyclic amines) is 1. The molecular formula is C17H20ClNO4. The summed E-state index contributed by atoms with van der Waals surface area (Å²) < 4.78 is 5.46. The number of rotatable bonds is 5. The molecule has 0 spiro atoms. The van der Waals surface area contributed by atoms with Crippen molar-refractivity contribution >= 4 is 23.4 Å². The Morgan fingerprint density at radius 1 is 1.13 bits per heavy atom. The number of β-amino-alcohol motifs (C(OH)–C–C–N with tert-alkyl or cyclic N) is 1. The van der Waals surface area contributed by atoms with Crippen LogP contribution in [-0.2, 0) is 9.59 Å². The Morgan fingerprint density at radius 2 is 1.70 bits per heavy atom. The largest absolute Gasteiger partial charge is 0.491 e. The number of imide groups is 1. The predicted octanol–water partition coefficient (Wildman–Crippen LogP) is 2.25. The Morgan fingerprint density at radius 3 is 2.26 bits per heavy atom. The topological polar surface area (TPSA) is 66.8 Å². The molecule has 6 heteroatoms. The molecule has 2 amide bonds. The lowest BCUT2D eigenvalue weighted by Gasteiger charge is -2.19. The van der Waals surface area contributed by atoms with E-state index in [2.05, 4.69) is 0 Å². The lowest BCUT2D eigenvalue weighted by atomic mass is 9.81. The third-order valence-electron chi connectivity index (χ3n) is 4.58. The summed E-state index contributed by atoms with van der Waals surface area (Å²) in [4.78, 5) is 25.9. The van der Waals surface area contributed by atoms with E-state index in [1.165, 1.54) is 4.90 Å². The smallest absolute Gasteiger partial charge is 0.233 e. The van der Waals surface area contributed by atoms with E-state index in [0.29, 0.717) is 10.8 Å². The summed E-state index contributed by atoms with van der Waals surface area (Å²) in [7, 11) is 0. The van der Waals surface area contributed by atoms with Gasteiger partial charge in [0.2, 0.25) is 11.8 Å². The second-order valence-corrected chi connectivity index (χ2v) is 6.64. The van der Waals surface area contributed by atoms with Crippen LogP contribution in [0.1, 0.15) is 25.7 Å². The van der Waals surface area contributed by atoms with E-state index in [9.17, 15) is 14.7 Å². The van der Waals surface area contributed by atoms with Crippen LogP contribution in [0.4, 0.5) is 0 Å². The third kappa shape index (κ3) is 3.51. The minimum Gasteiger partial charge on any atom is -0.491 e. The third-order valence-corrected chi connectivity index (χ3v) is 4.83.